The second-order valence-electron chi connectivity index (χ2n) is 9.37. The molecule has 34 heavy (non-hydrogen) atoms. The first-order valence-corrected chi connectivity index (χ1v) is 11.8. The molecule has 0 saturated carbocycles. The van der Waals surface area contributed by atoms with E-state index in [2.05, 4.69) is 33.1 Å². The Kier molecular flexibility index (Phi) is 6.33. The zero-order chi connectivity index (χ0) is 23.7. The van der Waals surface area contributed by atoms with Crippen molar-refractivity contribution < 1.29 is 13.9 Å². The Labute approximate surface area is 197 Å². The van der Waals surface area contributed by atoms with Gasteiger partial charge in [-0.05, 0) is 86.2 Å². The zero-order valence-electron chi connectivity index (χ0n) is 19.2. The largest absolute Gasteiger partial charge is 0.395 e. The lowest BCUT2D eigenvalue weighted by atomic mass is 9.77. The highest BCUT2D eigenvalue weighted by molar-refractivity contribution is 5.66. The Hall–Kier alpha value is -2.88. The van der Waals surface area contributed by atoms with E-state index in [1.165, 1.54) is 28.7 Å². The summed E-state index contributed by atoms with van der Waals surface area (Å²) in [4.78, 5) is 1.47. The number of nitrogens with zero attached hydrogens (tertiary/aromatic N) is 4. The minimum atomic E-state index is -0.660. The fourth-order valence-corrected chi connectivity index (χ4v) is 5.60. The van der Waals surface area contributed by atoms with Gasteiger partial charge >= 0.3 is 0 Å². The average Bonchev–Trinajstić information content (AvgIpc) is 3.57. The number of benzene rings is 2. The van der Waals surface area contributed by atoms with E-state index < -0.39 is 11.6 Å². The SMILES string of the molecule is Cc1cc(C2(CC3CCNC3CO)CCCN2)ccc1N(c1cc(F)cc(F)c1)n1ccnn1. The van der Waals surface area contributed by atoms with Crippen LogP contribution in [0.2, 0.25) is 0 Å². The van der Waals surface area contributed by atoms with E-state index in [0.29, 0.717) is 11.6 Å². The monoisotopic (exact) mass is 468 g/mol. The Morgan fingerprint density at radius 2 is 2.00 bits per heavy atom. The van der Waals surface area contributed by atoms with Crippen molar-refractivity contribution in [1.29, 1.82) is 0 Å². The standard InChI is InChI=1S/C25H30F2N6O/c1-17-11-19(25(6-2-7-29-25)15-18-5-8-28-23(18)16-34)3-4-24(17)33(32-10-9-30-31-32)22-13-20(26)12-21(27)14-22/h3-4,9-14,18,23,28-29,34H,2,5-8,15-16H2,1H3. The predicted molar refractivity (Wildman–Crippen MR) is 126 cm³/mol. The Bertz CT molecular complexity index is 1110. The lowest BCUT2D eigenvalue weighted by molar-refractivity contribution is 0.195. The lowest BCUT2D eigenvalue weighted by Crippen LogP contribution is -2.42. The molecular formula is C25H30F2N6O. The maximum absolute atomic E-state index is 14.1. The van der Waals surface area contributed by atoms with Gasteiger partial charge in [0, 0.05) is 17.6 Å². The minimum absolute atomic E-state index is 0.130. The molecule has 3 aromatic rings. The van der Waals surface area contributed by atoms with Crippen molar-refractivity contribution >= 4 is 11.4 Å². The van der Waals surface area contributed by atoms with E-state index >= 15 is 0 Å². The van der Waals surface area contributed by atoms with Crippen molar-refractivity contribution in [2.75, 3.05) is 24.7 Å². The molecule has 3 heterocycles. The van der Waals surface area contributed by atoms with Crippen molar-refractivity contribution in [3.8, 4) is 0 Å². The van der Waals surface area contributed by atoms with Gasteiger partial charge in [-0.3, -0.25) is 0 Å². The summed E-state index contributed by atoms with van der Waals surface area (Å²) in [5.74, 6) is -0.920. The highest BCUT2D eigenvalue weighted by Crippen LogP contribution is 2.41. The third-order valence-corrected chi connectivity index (χ3v) is 7.23. The van der Waals surface area contributed by atoms with Gasteiger partial charge in [-0.1, -0.05) is 12.1 Å². The van der Waals surface area contributed by atoms with E-state index in [0.717, 1.165) is 56.1 Å². The van der Waals surface area contributed by atoms with Crippen LogP contribution in [0.25, 0.3) is 0 Å². The molecule has 0 amide bonds. The fourth-order valence-electron chi connectivity index (χ4n) is 5.60. The molecule has 2 saturated heterocycles. The molecule has 0 radical (unpaired) electrons. The van der Waals surface area contributed by atoms with Gasteiger partial charge in [-0.2, -0.15) is 4.79 Å². The molecule has 5 rings (SSSR count). The highest BCUT2D eigenvalue weighted by Gasteiger charge is 2.40. The summed E-state index contributed by atoms with van der Waals surface area (Å²) in [6.07, 6.45) is 7.29. The summed E-state index contributed by atoms with van der Waals surface area (Å²) in [7, 11) is 0. The normalized spacial score (nSPS) is 24.6. The van der Waals surface area contributed by atoms with Crippen LogP contribution in [0.1, 0.15) is 36.8 Å². The van der Waals surface area contributed by atoms with E-state index in [1.807, 2.05) is 13.0 Å². The number of aliphatic hydroxyl groups excluding tert-OH is 1. The number of halogens is 2. The van der Waals surface area contributed by atoms with E-state index in [-0.39, 0.29) is 18.2 Å². The van der Waals surface area contributed by atoms with Crippen molar-refractivity contribution in [1.82, 2.24) is 25.7 Å². The number of nitrogens with one attached hydrogen (secondary N) is 2. The Morgan fingerprint density at radius 3 is 2.65 bits per heavy atom. The summed E-state index contributed by atoms with van der Waals surface area (Å²) in [6.45, 7) is 4.03. The maximum Gasteiger partial charge on any atom is 0.128 e. The average molecular weight is 469 g/mol. The molecule has 9 heteroatoms. The molecule has 1 aromatic heterocycles. The summed E-state index contributed by atoms with van der Waals surface area (Å²) in [6, 6.07) is 9.77. The first kappa shape index (κ1) is 22.9. The molecule has 180 valence electrons. The van der Waals surface area contributed by atoms with Gasteiger partial charge in [0.2, 0.25) is 0 Å². The first-order chi connectivity index (χ1) is 16.5. The van der Waals surface area contributed by atoms with Gasteiger partial charge < -0.3 is 15.7 Å². The molecule has 3 unspecified atom stereocenters. The van der Waals surface area contributed by atoms with Crippen molar-refractivity contribution in [3.05, 3.63) is 71.6 Å². The van der Waals surface area contributed by atoms with Crippen molar-refractivity contribution in [2.24, 2.45) is 5.92 Å². The molecule has 2 aliphatic rings. The lowest BCUT2D eigenvalue weighted by Gasteiger charge is -2.35. The number of aryl methyl sites for hydroxylation is 1. The summed E-state index contributed by atoms with van der Waals surface area (Å²) in [5.41, 5.74) is 3.06. The second kappa shape index (κ2) is 9.40. The number of hydrogen-bond donors (Lipinski definition) is 3. The van der Waals surface area contributed by atoms with Crippen LogP contribution < -0.4 is 15.6 Å². The van der Waals surface area contributed by atoms with Gasteiger partial charge in [-0.15, -0.1) is 5.10 Å². The first-order valence-electron chi connectivity index (χ1n) is 11.8. The third-order valence-electron chi connectivity index (χ3n) is 7.23. The molecule has 0 bridgehead atoms. The predicted octanol–water partition coefficient (Wildman–Crippen LogP) is 3.41. The molecule has 0 spiro atoms. The summed E-state index contributed by atoms with van der Waals surface area (Å²) >= 11 is 0. The smallest absolute Gasteiger partial charge is 0.128 e. The molecule has 3 N–H and O–H groups in total. The molecule has 2 aliphatic heterocycles. The number of hydrogen-bond acceptors (Lipinski definition) is 6. The second-order valence-corrected chi connectivity index (χ2v) is 9.37. The van der Waals surface area contributed by atoms with Crippen molar-refractivity contribution in [3.63, 3.8) is 0 Å². The van der Waals surface area contributed by atoms with E-state index in [9.17, 15) is 13.9 Å². The summed E-state index contributed by atoms with van der Waals surface area (Å²) < 4.78 is 28.2. The zero-order valence-corrected chi connectivity index (χ0v) is 19.2. The molecule has 3 atom stereocenters. The van der Waals surface area contributed by atoms with Crippen LogP contribution in [0.15, 0.2) is 48.8 Å². The van der Waals surface area contributed by atoms with E-state index in [1.54, 1.807) is 11.2 Å². The number of rotatable bonds is 7. The summed E-state index contributed by atoms with van der Waals surface area (Å²) in [5, 5.41) is 26.6. The highest BCUT2D eigenvalue weighted by atomic mass is 19.1. The third kappa shape index (κ3) is 4.31. The van der Waals surface area contributed by atoms with Crippen LogP contribution >= 0.6 is 0 Å². The Morgan fingerprint density at radius 1 is 1.18 bits per heavy atom. The van der Waals surface area contributed by atoms with Crippen molar-refractivity contribution in [2.45, 2.75) is 44.2 Å². The van der Waals surface area contributed by atoms with Gasteiger partial charge in [0.15, 0.2) is 0 Å². The molecular weight excluding hydrogens is 438 g/mol. The topological polar surface area (TPSA) is 78.2 Å². The van der Waals surface area contributed by atoms with E-state index in [4.69, 9.17) is 0 Å². The van der Waals surface area contributed by atoms with Crippen LogP contribution in [0.4, 0.5) is 20.2 Å². The van der Waals surface area contributed by atoms with Gasteiger partial charge in [0.05, 0.1) is 30.4 Å². The molecule has 2 fully saturated rings. The van der Waals surface area contributed by atoms with Gasteiger partial charge in [-0.25, -0.2) is 13.8 Å². The van der Waals surface area contributed by atoms with Crippen LogP contribution in [0.5, 0.6) is 0 Å². The molecule has 7 nitrogen and oxygen atoms in total. The molecule has 0 aliphatic carbocycles. The minimum Gasteiger partial charge on any atom is -0.395 e. The number of aliphatic hydroxyl groups is 1. The number of aromatic nitrogens is 3. The van der Waals surface area contributed by atoms with Gasteiger partial charge in [0.1, 0.15) is 11.6 Å². The quantitative estimate of drug-likeness (QED) is 0.493. The Balaban J connectivity index is 1.52. The van der Waals surface area contributed by atoms with Gasteiger partial charge in [0.25, 0.3) is 0 Å². The number of anilines is 2. The van der Waals surface area contributed by atoms with Crippen LogP contribution in [0, 0.1) is 24.5 Å². The van der Waals surface area contributed by atoms with Crippen LogP contribution in [0.3, 0.4) is 0 Å². The fraction of sp³-hybridized carbons (Fsp3) is 0.440. The maximum atomic E-state index is 14.1. The van der Waals surface area contributed by atoms with Crippen LogP contribution in [-0.4, -0.2) is 45.9 Å². The van der Waals surface area contributed by atoms with Crippen LogP contribution in [-0.2, 0) is 5.54 Å². The molecule has 2 aromatic carbocycles.